The van der Waals surface area contributed by atoms with Gasteiger partial charge in [0.05, 0.1) is 0 Å². The van der Waals surface area contributed by atoms with Crippen molar-refractivity contribution in [3.63, 3.8) is 0 Å². The Kier molecular flexibility index (Phi) is 4.24. The van der Waals surface area contributed by atoms with Gasteiger partial charge in [0, 0.05) is 42.9 Å². The monoisotopic (exact) mass is 433 g/mol. The molecule has 0 bridgehead atoms. The van der Waals surface area contributed by atoms with E-state index in [1.807, 2.05) is 23.6 Å². The number of benzene rings is 3. The standard InChI is InChI=1S/C29H23NOS/c1-16-11-17(2)13-21(12-16)27-28-20(9-10-30-27)15-24(31-28)26-18(3)14-23-22-7-5-6-8-25(22)32-29(23)19(26)4/h5-15H,1-4H3. The Hall–Kier alpha value is -3.43. The van der Waals surface area contributed by atoms with E-state index in [0.29, 0.717) is 0 Å². The van der Waals surface area contributed by atoms with E-state index < -0.39 is 0 Å². The lowest BCUT2D eigenvalue weighted by atomic mass is 9.97. The fourth-order valence-corrected chi connectivity index (χ4v) is 6.16. The second-order valence-electron chi connectivity index (χ2n) is 8.73. The molecule has 0 aliphatic rings. The Morgan fingerprint density at radius 3 is 2.41 bits per heavy atom. The first-order valence-corrected chi connectivity index (χ1v) is 11.7. The molecular formula is C29H23NOS. The van der Waals surface area contributed by atoms with Crippen LogP contribution in [0.3, 0.4) is 0 Å². The number of fused-ring (bicyclic) bond motifs is 4. The number of hydrogen-bond donors (Lipinski definition) is 0. The Bertz CT molecular complexity index is 1650. The van der Waals surface area contributed by atoms with E-state index in [0.717, 1.165) is 28.0 Å². The molecule has 3 heterocycles. The van der Waals surface area contributed by atoms with Gasteiger partial charge in [-0.25, -0.2) is 0 Å². The number of rotatable bonds is 2. The van der Waals surface area contributed by atoms with Gasteiger partial charge in [-0.3, -0.25) is 4.98 Å². The van der Waals surface area contributed by atoms with Crippen molar-refractivity contribution in [1.29, 1.82) is 0 Å². The Labute approximate surface area is 191 Å². The number of pyridine rings is 1. The summed E-state index contributed by atoms with van der Waals surface area (Å²) in [7, 11) is 0. The molecule has 0 unspecified atom stereocenters. The number of nitrogens with zero attached hydrogens (tertiary/aromatic N) is 1. The number of aryl methyl sites for hydroxylation is 4. The zero-order valence-corrected chi connectivity index (χ0v) is 19.4. The highest BCUT2D eigenvalue weighted by Gasteiger charge is 2.19. The molecule has 0 N–H and O–H groups in total. The van der Waals surface area contributed by atoms with Crippen molar-refractivity contribution in [1.82, 2.24) is 4.98 Å². The Morgan fingerprint density at radius 2 is 1.59 bits per heavy atom. The highest BCUT2D eigenvalue weighted by Crippen LogP contribution is 2.43. The minimum absolute atomic E-state index is 0.850. The van der Waals surface area contributed by atoms with E-state index in [9.17, 15) is 0 Å². The van der Waals surface area contributed by atoms with Gasteiger partial charge in [-0.1, -0.05) is 35.4 Å². The predicted octanol–water partition coefficient (Wildman–Crippen LogP) is 8.76. The lowest BCUT2D eigenvalue weighted by Gasteiger charge is -2.09. The minimum atomic E-state index is 0.850. The van der Waals surface area contributed by atoms with Crippen LogP contribution >= 0.6 is 11.3 Å². The summed E-state index contributed by atoms with van der Waals surface area (Å²) in [6, 6.07) is 21.7. The molecule has 0 atom stereocenters. The first kappa shape index (κ1) is 19.3. The summed E-state index contributed by atoms with van der Waals surface area (Å²) < 4.78 is 9.21. The van der Waals surface area contributed by atoms with Gasteiger partial charge in [0.15, 0.2) is 5.58 Å². The summed E-state index contributed by atoms with van der Waals surface area (Å²) in [6.07, 6.45) is 1.88. The van der Waals surface area contributed by atoms with Crippen LogP contribution in [0.25, 0.3) is 53.7 Å². The van der Waals surface area contributed by atoms with Crippen LogP contribution in [-0.2, 0) is 0 Å². The number of hydrogen-bond acceptors (Lipinski definition) is 3. The van der Waals surface area contributed by atoms with Gasteiger partial charge >= 0.3 is 0 Å². The molecule has 0 saturated heterocycles. The van der Waals surface area contributed by atoms with Gasteiger partial charge in [-0.05, 0) is 75.2 Å². The largest absolute Gasteiger partial charge is 0.454 e. The molecule has 0 radical (unpaired) electrons. The molecule has 3 heteroatoms. The molecule has 0 aliphatic carbocycles. The quantitative estimate of drug-likeness (QED) is 0.273. The van der Waals surface area contributed by atoms with Crippen molar-refractivity contribution in [2.24, 2.45) is 0 Å². The summed E-state index contributed by atoms with van der Waals surface area (Å²) >= 11 is 1.86. The van der Waals surface area contributed by atoms with Gasteiger partial charge in [0.1, 0.15) is 11.5 Å². The first-order valence-electron chi connectivity index (χ1n) is 10.9. The fraction of sp³-hybridized carbons (Fsp3) is 0.138. The number of thiophene rings is 1. The second-order valence-corrected chi connectivity index (χ2v) is 9.79. The maximum Gasteiger partial charge on any atom is 0.161 e. The summed E-state index contributed by atoms with van der Waals surface area (Å²) in [4.78, 5) is 4.70. The topological polar surface area (TPSA) is 26.0 Å². The van der Waals surface area contributed by atoms with Crippen LogP contribution in [0.1, 0.15) is 22.3 Å². The Morgan fingerprint density at radius 1 is 0.812 bits per heavy atom. The maximum absolute atomic E-state index is 6.55. The van der Waals surface area contributed by atoms with Crippen molar-refractivity contribution >= 4 is 42.5 Å². The zero-order valence-electron chi connectivity index (χ0n) is 18.6. The summed E-state index contributed by atoms with van der Waals surface area (Å²) in [6.45, 7) is 8.65. The van der Waals surface area contributed by atoms with Crippen LogP contribution in [0.15, 0.2) is 71.3 Å². The van der Waals surface area contributed by atoms with E-state index in [4.69, 9.17) is 9.40 Å². The minimum Gasteiger partial charge on any atom is -0.454 e. The van der Waals surface area contributed by atoms with Crippen molar-refractivity contribution in [3.8, 4) is 22.6 Å². The molecule has 6 aromatic rings. The third-order valence-corrected chi connectivity index (χ3v) is 7.59. The smallest absolute Gasteiger partial charge is 0.161 e. The average molecular weight is 434 g/mol. The summed E-state index contributed by atoms with van der Waals surface area (Å²) in [5.41, 5.74) is 9.01. The molecule has 3 aromatic heterocycles. The van der Waals surface area contributed by atoms with Gasteiger partial charge in [0.25, 0.3) is 0 Å². The molecule has 0 aliphatic heterocycles. The van der Waals surface area contributed by atoms with E-state index in [1.165, 1.54) is 48.0 Å². The molecule has 0 amide bonds. The number of aromatic nitrogens is 1. The van der Waals surface area contributed by atoms with Gasteiger partial charge in [-0.2, -0.15) is 0 Å². The third kappa shape index (κ3) is 2.89. The van der Waals surface area contributed by atoms with Crippen LogP contribution < -0.4 is 0 Å². The molecule has 6 rings (SSSR count). The van der Waals surface area contributed by atoms with E-state index in [-0.39, 0.29) is 0 Å². The highest BCUT2D eigenvalue weighted by atomic mass is 32.1. The van der Waals surface area contributed by atoms with Crippen LogP contribution in [0.5, 0.6) is 0 Å². The van der Waals surface area contributed by atoms with Crippen LogP contribution in [-0.4, -0.2) is 4.98 Å². The van der Waals surface area contributed by atoms with Crippen LogP contribution in [0.4, 0.5) is 0 Å². The highest BCUT2D eigenvalue weighted by molar-refractivity contribution is 7.26. The van der Waals surface area contributed by atoms with Gasteiger partial charge < -0.3 is 4.42 Å². The zero-order chi connectivity index (χ0) is 22.0. The lowest BCUT2D eigenvalue weighted by molar-refractivity contribution is 0.630. The van der Waals surface area contributed by atoms with Crippen LogP contribution in [0.2, 0.25) is 0 Å². The Balaban J connectivity index is 1.60. The van der Waals surface area contributed by atoms with E-state index in [2.05, 4.69) is 82.3 Å². The molecule has 2 nitrogen and oxygen atoms in total. The molecule has 0 fully saturated rings. The van der Waals surface area contributed by atoms with Gasteiger partial charge in [-0.15, -0.1) is 11.3 Å². The SMILES string of the molecule is Cc1cc(C)cc(-c2nccc3cc(-c4c(C)cc5c(sc6ccccc65)c4C)oc23)c1. The van der Waals surface area contributed by atoms with Crippen LogP contribution in [0, 0.1) is 27.7 Å². The fourth-order valence-electron chi connectivity index (χ4n) is 4.97. The van der Waals surface area contributed by atoms with Crippen molar-refractivity contribution in [2.45, 2.75) is 27.7 Å². The summed E-state index contributed by atoms with van der Waals surface area (Å²) in [5.74, 6) is 0.910. The van der Waals surface area contributed by atoms with E-state index >= 15 is 0 Å². The molecule has 3 aromatic carbocycles. The lowest BCUT2D eigenvalue weighted by Crippen LogP contribution is -1.87. The average Bonchev–Trinajstić information content (AvgIpc) is 3.34. The summed E-state index contributed by atoms with van der Waals surface area (Å²) in [5, 5.41) is 3.74. The molecular weight excluding hydrogens is 410 g/mol. The molecule has 0 spiro atoms. The maximum atomic E-state index is 6.55. The normalized spacial score (nSPS) is 11.8. The third-order valence-electron chi connectivity index (χ3n) is 6.28. The first-order chi connectivity index (χ1) is 15.5. The van der Waals surface area contributed by atoms with Crippen molar-refractivity contribution in [3.05, 3.63) is 89.1 Å². The second kappa shape index (κ2) is 7.04. The molecule has 156 valence electrons. The van der Waals surface area contributed by atoms with Crippen molar-refractivity contribution in [2.75, 3.05) is 0 Å². The van der Waals surface area contributed by atoms with Crippen molar-refractivity contribution < 1.29 is 4.42 Å². The molecule has 32 heavy (non-hydrogen) atoms. The predicted molar refractivity (Wildman–Crippen MR) is 137 cm³/mol. The molecule has 0 saturated carbocycles. The van der Waals surface area contributed by atoms with Gasteiger partial charge in [0.2, 0.25) is 0 Å². The van der Waals surface area contributed by atoms with E-state index in [1.54, 1.807) is 0 Å². The number of furan rings is 1.